The molecule has 2 nitrogen and oxygen atoms in total. The minimum absolute atomic E-state index is 0.102. The quantitative estimate of drug-likeness (QED) is 0.566. The Kier molecular flexibility index (Phi) is 4.13. The molecule has 0 unspecified atom stereocenters. The van der Waals surface area contributed by atoms with Crippen molar-refractivity contribution in [3.63, 3.8) is 0 Å². The van der Waals surface area contributed by atoms with E-state index in [4.69, 9.17) is 5.73 Å². The van der Waals surface area contributed by atoms with Crippen LogP contribution < -0.4 is 11.1 Å². The van der Waals surface area contributed by atoms with Crippen LogP contribution in [0, 0.1) is 12.7 Å². The largest absolute Gasteiger partial charge is 0.416 e. The van der Waals surface area contributed by atoms with Crippen molar-refractivity contribution in [1.29, 1.82) is 0 Å². The summed E-state index contributed by atoms with van der Waals surface area (Å²) >= 11 is 3.00. The minimum Gasteiger partial charge on any atom is -0.397 e. The van der Waals surface area contributed by atoms with E-state index in [0.29, 0.717) is 5.69 Å². The molecule has 0 spiro atoms. The Morgan fingerprint density at radius 1 is 1.14 bits per heavy atom. The van der Waals surface area contributed by atoms with Gasteiger partial charge < -0.3 is 11.1 Å². The molecular weight excluding hydrogens is 352 g/mol. The molecule has 3 N–H and O–H groups in total. The van der Waals surface area contributed by atoms with Gasteiger partial charge in [-0.3, -0.25) is 0 Å². The summed E-state index contributed by atoms with van der Waals surface area (Å²) in [5.41, 5.74) is 5.68. The number of nitrogen functional groups attached to an aromatic ring is 1. The highest BCUT2D eigenvalue weighted by molar-refractivity contribution is 9.10. The van der Waals surface area contributed by atoms with Gasteiger partial charge in [0.2, 0.25) is 0 Å². The fraction of sp³-hybridized carbons (Fsp3) is 0.143. The number of rotatable bonds is 2. The van der Waals surface area contributed by atoms with Crippen LogP contribution in [-0.2, 0) is 6.18 Å². The van der Waals surface area contributed by atoms with E-state index < -0.39 is 17.6 Å². The van der Waals surface area contributed by atoms with Gasteiger partial charge >= 0.3 is 6.18 Å². The van der Waals surface area contributed by atoms with Crippen LogP contribution in [-0.4, -0.2) is 0 Å². The van der Waals surface area contributed by atoms with E-state index in [2.05, 4.69) is 21.2 Å². The van der Waals surface area contributed by atoms with Crippen LogP contribution in [0.1, 0.15) is 11.1 Å². The van der Waals surface area contributed by atoms with Crippen LogP contribution in [0.5, 0.6) is 0 Å². The molecule has 0 bridgehead atoms. The van der Waals surface area contributed by atoms with Crippen molar-refractivity contribution in [1.82, 2.24) is 0 Å². The molecule has 0 aliphatic rings. The molecule has 2 rings (SSSR count). The zero-order valence-electron chi connectivity index (χ0n) is 10.9. The van der Waals surface area contributed by atoms with Crippen LogP contribution in [0.15, 0.2) is 34.8 Å². The number of halogens is 5. The lowest BCUT2D eigenvalue weighted by Gasteiger charge is -2.14. The topological polar surface area (TPSA) is 38.0 Å². The molecule has 7 heteroatoms. The molecule has 2 aromatic carbocycles. The molecule has 0 fully saturated rings. The van der Waals surface area contributed by atoms with Crippen molar-refractivity contribution in [3.05, 3.63) is 51.7 Å². The first-order valence-corrected chi connectivity index (χ1v) is 6.67. The zero-order chi connectivity index (χ0) is 15.8. The third-order valence-corrected chi connectivity index (χ3v) is 3.52. The number of hydrogen-bond donors (Lipinski definition) is 2. The fourth-order valence-corrected chi connectivity index (χ4v) is 2.17. The number of nitrogens with two attached hydrogens (primary N) is 1. The van der Waals surface area contributed by atoms with E-state index in [1.807, 2.05) is 0 Å². The highest BCUT2D eigenvalue weighted by Crippen LogP contribution is 2.35. The maximum absolute atomic E-state index is 13.3. The van der Waals surface area contributed by atoms with Crippen molar-refractivity contribution in [2.45, 2.75) is 13.1 Å². The predicted molar refractivity (Wildman–Crippen MR) is 78.0 cm³/mol. The maximum atomic E-state index is 13.3. The van der Waals surface area contributed by atoms with Crippen molar-refractivity contribution in [2.75, 3.05) is 11.1 Å². The van der Waals surface area contributed by atoms with E-state index in [-0.39, 0.29) is 21.4 Å². The zero-order valence-corrected chi connectivity index (χ0v) is 12.4. The smallest absolute Gasteiger partial charge is 0.397 e. The lowest BCUT2D eigenvalue weighted by molar-refractivity contribution is -0.138. The lowest BCUT2D eigenvalue weighted by Crippen LogP contribution is -2.08. The van der Waals surface area contributed by atoms with Gasteiger partial charge in [0, 0.05) is 11.8 Å². The Bertz CT molecular complexity index is 683. The van der Waals surface area contributed by atoms with Gasteiger partial charge in [-0.2, -0.15) is 13.2 Å². The molecule has 0 saturated carbocycles. The van der Waals surface area contributed by atoms with Crippen LogP contribution in [0.25, 0.3) is 0 Å². The van der Waals surface area contributed by atoms with Crippen LogP contribution >= 0.6 is 15.9 Å². The van der Waals surface area contributed by atoms with E-state index in [1.54, 1.807) is 0 Å². The monoisotopic (exact) mass is 362 g/mol. The Morgan fingerprint density at radius 3 is 2.43 bits per heavy atom. The normalized spacial score (nSPS) is 11.5. The number of alkyl halides is 3. The van der Waals surface area contributed by atoms with Crippen LogP contribution in [0.4, 0.5) is 34.6 Å². The number of aryl methyl sites for hydroxylation is 1. The van der Waals surface area contributed by atoms with E-state index >= 15 is 0 Å². The first-order valence-electron chi connectivity index (χ1n) is 5.88. The summed E-state index contributed by atoms with van der Waals surface area (Å²) in [6.07, 6.45) is -4.43. The van der Waals surface area contributed by atoms with Crippen molar-refractivity contribution < 1.29 is 17.6 Å². The molecule has 0 amide bonds. The molecule has 0 radical (unpaired) electrons. The van der Waals surface area contributed by atoms with Gasteiger partial charge in [0.15, 0.2) is 0 Å². The highest BCUT2D eigenvalue weighted by Gasteiger charge is 2.32. The van der Waals surface area contributed by atoms with E-state index in [9.17, 15) is 17.6 Å². The van der Waals surface area contributed by atoms with Crippen molar-refractivity contribution in [2.24, 2.45) is 0 Å². The Balaban J connectivity index is 2.39. The first kappa shape index (κ1) is 15.6. The molecular formula is C14H11BrF4N2. The molecule has 112 valence electrons. The third kappa shape index (κ3) is 3.47. The second-order valence-corrected chi connectivity index (χ2v) is 5.36. The standard InChI is InChI=1S/C14H11BrF4N2/c1-7-2-3-8(4-9(7)14(17,18)19)21-13-5-10(15)11(16)6-12(13)20/h2-6,21H,20H2,1H3. The summed E-state index contributed by atoms with van der Waals surface area (Å²) < 4.78 is 52.0. The maximum Gasteiger partial charge on any atom is 0.416 e. The molecule has 0 aliphatic carbocycles. The van der Waals surface area contributed by atoms with Crippen LogP contribution in [0.3, 0.4) is 0 Å². The van der Waals surface area contributed by atoms with Gasteiger partial charge in [-0.25, -0.2) is 4.39 Å². The van der Waals surface area contributed by atoms with Crippen molar-refractivity contribution >= 4 is 33.0 Å². The number of nitrogens with one attached hydrogen (secondary N) is 1. The van der Waals surface area contributed by atoms with E-state index in [1.165, 1.54) is 25.1 Å². The van der Waals surface area contributed by atoms with Gasteiger partial charge in [-0.1, -0.05) is 6.07 Å². The molecule has 0 heterocycles. The molecule has 0 atom stereocenters. The molecule has 0 aliphatic heterocycles. The average Bonchev–Trinajstić information content (AvgIpc) is 2.37. The second-order valence-electron chi connectivity index (χ2n) is 4.51. The van der Waals surface area contributed by atoms with Crippen LogP contribution in [0.2, 0.25) is 0 Å². The molecule has 2 aromatic rings. The third-order valence-electron chi connectivity index (χ3n) is 2.91. The van der Waals surface area contributed by atoms with Gasteiger partial charge in [0.1, 0.15) is 5.82 Å². The average molecular weight is 363 g/mol. The predicted octanol–water partition coefficient (Wildman–Crippen LogP) is 5.24. The Morgan fingerprint density at radius 2 is 1.81 bits per heavy atom. The number of benzene rings is 2. The Labute approximate surface area is 127 Å². The van der Waals surface area contributed by atoms with Gasteiger partial charge in [0.05, 0.1) is 21.4 Å². The summed E-state index contributed by atoms with van der Waals surface area (Å²) in [7, 11) is 0. The molecule has 0 aromatic heterocycles. The lowest BCUT2D eigenvalue weighted by atomic mass is 10.1. The first-order chi connectivity index (χ1) is 9.68. The van der Waals surface area contributed by atoms with Crippen molar-refractivity contribution in [3.8, 4) is 0 Å². The second kappa shape index (κ2) is 5.55. The summed E-state index contributed by atoms with van der Waals surface area (Å²) in [4.78, 5) is 0. The summed E-state index contributed by atoms with van der Waals surface area (Å²) in [5.74, 6) is -0.544. The molecule has 0 saturated heterocycles. The Hall–Kier alpha value is -1.76. The molecule has 21 heavy (non-hydrogen) atoms. The SMILES string of the molecule is Cc1ccc(Nc2cc(Br)c(F)cc2N)cc1C(F)(F)F. The fourth-order valence-electron chi connectivity index (χ4n) is 1.83. The number of anilines is 3. The van der Waals surface area contributed by atoms with Gasteiger partial charge in [0.25, 0.3) is 0 Å². The highest BCUT2D eigenvalue weighted by atomic mass is 79.9. The van der Waals surface area contributed by atoms with Gasteiger partial charge in [-0.15, -0.1) is 0 Å². The summed E-state index contributed by atoms with van der Waals surface area (Å²) in [5, 5.41) is 2.76. The number of hydrogen-bond acceptors (Lipinski definition) is 2. The van der Waals surface area contributed by atoms with E-state index in [0.717, 1.165) is 12.1 Å². The van der Waals surface area contributed by atoms with Gasteiger partial charge in [-0.05, 0) is 46.6 Å². The minimum atomic E-state index is -4.43. The summed E-state index contributed by atoms with van der Waals surface area (Å²) in [6.45, 7) is 1.38. The summed E-state index contributed by atoms with van der Waals surface area (Å²) in [6, 6.07) is 6.32.